The summed E-state index contributed by atoms with van der Waals surface area (Å²) < 4.78 is 27.9. The molecule has 0 aliphatic carbocycles. The second kappa shape index (κ2) is 22.3. The lowest BCUT2D eigenvalue weighted by molar-refractivity contribution is -0.126. The number of benzene rings is 4. The number of hydrogen-bond acceptors (Lipinski definition) is 9. The lowest BCUT2D eigenvalue weighted by Gasteiger charge is -2.44. The van der Waals surface area contributed by atoms with Gasteiger partial charge < -0.3 is 30.4 Å². The summed E-state index contributed by atoms with van der Waals surface area (Å²) in [5.74, 6) is 2.82. The van der Waals surface area contributed by atoms with Gasteiger partial charge in [-0.2, -0.15) is 0 Å². The topological polar surface area (TPSA) is 169 Å². The number of fused-ring (bicyclic) bond motifs is 2. The summed E-state index contributed by atoms with van der Waals surface area (Å²) in [6.45, 7) is 14.0. The number of aromatic nitrogens is 2. The lowest BCUT2D eigenvalue weighted by atomic mass is 10.0. The van der Waals surface area contributed by atoms with E-state index in [0.29, 0.717) is 92.8 Å². The molecule has 6 aromatic rings. The predicted molar refractivity (Wildman–Crippen MR) is 284 cm³/mol. The summed E-state index contributed by atoms with van der Waals surface area (Å²) in [7, 11) is 0. The van der Waals surface area contributed by atoms with Crippen molar-refractivity contribution < 1.29 is 37.5 Å². The highest BCUT2D eigenvalue weighted by atomic mass is 35.5. The molecule has 0 unspecified atom stereocenters. The van der Waals surface area contributed by atoms with Gasteiger partial charge in [-0.1, -0.05) is 47.5 Å². The largest absolute Gasteiger partial charge is 0.360 e. The first-order valence-electron chi connectivity index (χ1n) is 25.5. The van der Waals surface area contributed by atoms with Gasteiger partial charge in [0.1, 0.15) is 11.6 Å². The van der Waals surface area contributed by atoms with Crippen molar-refractivity contribution in [3.05, 3.63) is 140 Å². The molecule has 19 heteroatoms. The number of aromatic amines is 1. The molecule has 15 nitrogen and oxygen atoms in total. The number of nitrogens with one attached hydrogen (secondary N) is 1. The molecule has 4 fully saturated rings. The van der Waals surface area contributed by atoms with Crippen LogP contribution in [0, 0.1) is 11.6 Å². The first-order chi connectivity index (χ1) is 35.9. The van der Waals surface area contributed by atoms with Crippen LogP contribution in [0.15, 0.2) is 85.2 Å². The number of Topliss-reactive ketones (excluding diaryl/α,β-unsaturated/α-hetero) is 2. The lowest BCUT2D eigenvalue weighted by Crippen LogP contribution is -2.57. The number of hydrogen-bond donors (Lipinski definition) is 2. The zero-order valence-electron chi connectivity index (χ0n) is 42.5. The molecule has 2 aromatic heterocycles. The third-order valence-electron chi connectivity index (χ3n) is 15.2. The fraction of sp³-hybridized carbons (Fsp3) is 0.393. The maximum atomic E-state index is 13.7. The molecular formula is C56H61Cl2F2N9O6. The minimum Gasteiger partial charge on any atom is -0.360 e. The number of amides is 4. The Kier molecular flexibility index (Phi) is 15.8. The summed E-state index contributed by atoms with van der Waals surface area (Å²) >= 11 is 13.1. The number of H-pyrrole nitrogens is 1. The van der Waals surface area contributed by atoms with Gasteiger partial charge in [-0.3, -0.25) is 43.2 Å². The van der Waals surface area contributed by atoms with E-state index in [1.165, 1.54) is 41.3 Å². The standard InChI is InChI=1S/C28H31ClFN5O3.C28H30ClFN4O3/c1-17-14-34(18(2)13-33(17)15-19-5-7-20(30)8-6-19)27(37)22-11-21-23(16-35(31)25(21)12-24(22)29)26(36)28(38)32-9-3-4-10-32;1-17-15-34(18(2)14-33(17)16-19-5-7-20(30)8-6-19)27(36)22-11-21-23(13-31-25(21)12-24(22)29)26(35)28(37)32-9-3-4-10-32/h5-8,11-12,16-18H,3-4,9-10,13-15,31H2,1-2H3;5-8,11-13,17-18,31H,3-4,9-10,14-16H2,1-2H3/t2*17-,18+/m00/s1. The fourth-order valence-corrected chi connectivity index (χ4v) is 11.3. The number of rotatable bonds is 10. The minimum absolute atomic E-state index is 0.0584. The van der Waals surface area contributed by atoms with Gasteiger partial charge in [-0.25, -0.2) is 8.78 Å². The van der Waals surface area contributed by atoms with Crippen molar-refractivity contribution in [3.8, 4) is 0 Å². The average Bonchev–Trinajstić information content (AvgIpc) is 4.26. The molecule has 0 bridgehead atoms. The zero-order valence-corrected chi connectivity index (χ0v) is 44.0. The number of piperazine rings is 2. The van der Waals surface area contributed by atoms with Crippen LogP contribution in [0.25, 0.3) is 21.8 Å². The molecule has 6 heterocycles. The van der Waals surface area contributed by atoms with Gasteiger partial charge in [0, 0.05) is 118 Å². The Morgan fingerprint density at radius 1 is 0.560 bits per heavy atom. The van der Waals surface area contributed by atoms with E-state index in [1.54, 1.807) is 63.2 Å². The summed E-state index contributed by atoms with van der Waals surface area (Å²) in [6, 6.07) is 19.3. The van der Waals surface area contributed by atoms with Gasteiger partial charge in [0.15, 0.2) is 0 Å². The number of nitrogen functional groups attached to an aromatic ring is 1. The Morgan fingerprint density at radius 3 is 1.45 bits per heavy atom. The molecule has 4 aromatic carbocycles. The highest BCUT2D eigenvalue weighted by molar-refractivity contribution is 6.46. The Balaban J connectivity index is 0.000000184. The van der Waals surface area contributed by atoms with Crippen LogP contribution in [-0.4, -0.2) is 151 Å². The van der Waals surface area contributed by atoms with E-state index in [2.05, 4.69) is 28.6 Å². The van der Waals surface area contributed by atoms with E-state index in [0.717, 1.165) is 36.8 Å². The van der Waals surface area contributed by atoms with Crippen molar-refractivity contribution >= 4 is 80.2 Å². The maximum absolute atomic E-state index is 13.7. The Labute approximate surface area is 444 Å². The molecule has 4 atom stereocenters. The number of ketones is 2. The monoisotopic (exact) mass is 1060 g/mol. The van der Waals surface area contributed by atoms with Crippen LogP contribution in [0.4, 0.5) is 8.78 Å². The second-order valence-corrected chi connectivity index (χ2v) is 21.3. The van der Waals surface area contributed by atoms with Crippen LogP contribution in [0.2, 0.25) is 10.0 Å². The van der Waals surface area contributed by atoms with Gasteiger partial charge in [0.05, 0.1) is 37.8 Å². The predicted octanol–water partition coefficient (Wildman–Crippen LogP) is 8.19. The molecule has 0 radical (unpaired) electrons. The molecule has 4 aliphatic rings. The molecular weight excluding hydrogens is 1000 g/mol. The minimum atomic E-state index is -0.641. The van der Waals surface area contributed by atoms with Crippen LogP contribution in [-0.2, 0) is 22.7 Å². The van der Waals surface area contributed by atoms with Crippen LogP contribution < -0.4 is 5.84 Å². The second-order valence-electron chi connectivity index (χ2n) is 20.5. The Hall–Kier alpha value is -6.66. The van der Waals surface area contributed by atoms with Gasteiger partial charge in [-0.05, 0) is 113 Å². The normalized spacial score (nSPS) is 20.4. The van der Waals surface area contributed by atoms with E-state index in [-0.39, 0.29) is 74.4 Å². The van der Waals surface area contributed by atoms with Crippen molar-refractivity contribution in [2.45, 2.75) is 90.6 Å². The van der Waals surface area contributed by atoms with Crippen LogP contribution >= 0.6 is 23.2 Å². The first-order valence-corrected chi connectivity index (χ1v) is 26.3. The van der Waals surface area contributed by atoms with E-state index in [9.17, 15) is 37.5 Å². The van der Waals surface area contributed by atoms with Gasteiger partial charge in [0.25, 0.3) is 35.2 Å². The summed E-state index contributed by atoms with van der Waals surface area (Å²) in [5.41, 5.74) is 4.08. The highest BCUT2D eigenvalue weighted by Gasteiger charge is 2.37. The van der Waals surface area contributed by atoms with Crippen LogP contribution in [0.3, 0.4) is 0 Å². The Morgan fingerprint density at radius 2 is 0.987 bits per heavy atom. The average molecular weight is 1070 g/mol. The quantitative estimate of drug-likeness (QED) is 0.0781. The van der Waals surface area contributed by atoms with Crippen molar-refractivity contribution in [1.29, 1.82) is 0 Å². The number of carbonyl (C=O) groups is 6. The van der Waals surface area contributed by atoms with Gasteiger partial charge in [0.2, 0.25) is 0 Å². The van der Waals surface area contributed by atoms with Gasteiger partial charge in [-0.15, -0.1) is 0 Å². The molecule has 394 valence electrons. The first kappa shape index (κ1) is 53.2. The molecule has 10 rings (SSSR count). The van der Waals surface area contributed by atoms with Crippen LogP contribution in [0.5, 0.6) is 0 Å². The third kappa shape index (κ3) is 11.2. The molecule has 4 amide bonds. The van der Waals surface area contributed by atoms with E-state index in [4.69, 9.17) is 29.0 Å². The zero-order chi connectivity index (χ0) is 53.4. The summed E-state index contributed by atoms with van der Waals surface area (Å²) in [6.07, 6.45) is 6.48. The number of nitrogens with two attached hydrogens (primary N) is 1. The molecule has 0 saturated carbocycles. The van der Waals surface area contributed by atoms with E-state index < -0.39 is 23.4 Å². The maximum Gasteiger partial charge on any atom is 0.295 e. The number of halogens is 4. The van der Waals surface area contributed by atoms with Gasteiger partial charge >= 0.3 is 0 Å². The van der Waals surface area contributed by atoms with Crippen molar-refractivity contribution in [1.82, 2.24) is 39.1 Å². The highest BCUT2D eigenvalue weighted by Crippen LogP contribution is 2.33. The molecule has 4 saturated heterocycles. The van der Waals surface area contributed by atoms with Crippen LogP contribution in [0.1, 0.15) is 106 Å². The number of likely N-dealkylation sites (tertiary alicyclic amines) is 2. The SMILES string of the molecule is C[C@@H]1CN(Cc2ccc(F)cc2)[C@@H](C)CN1C(=O)c1cc2c(C(=O)C(=O)N3CCCC3)c[nH]c2cc1Cl.C[C@@H]1CN(Cc2ccc(F)cc2)[C@@H](C)CN1C(=O)c1cc2c(C(=O)C(=O)N3CCCC3)cn(N)c2cc1Cl. The third-order valence-corrected chi connectivity index (χ3v) is 15.8. The fourth-order valence-electron chi connectivity index (χ4n) is 10.8. The molecule has 0 spiro atoms. The van der Waals surface area contributed by atoms with Crippen molar-refractivity contribution in [2.75, 3.05) is 58.2 Å². The number of carbonyl (C=O) groups excluding carboxylic acids is 6. The molecule has 4 aliphatic heterocycles. The van der Waals surface area contributed by atoms with E-state index >= 15 is 0 Å². The Bertz CT molecular complexity index is 3170. The van der Waals surface area contributed by atoms with Crippen molar-refractivity contribution in [2.24, 2.45) is 0 Å². The molecule has 3 N–H and O–H groups in total. The molecule has 75 heavy (non-hydrogen) atoms. The smallest absolute Gasteiger partial charge is 0.295 e. The summed E-state index contributed by atoms with van der Waals surface area (Å²) in [4.78, 5) is 93.3. The van der Waals surface area contributed by atoms with Crippen molar-refractivity contribution in [3.63, 3.8) is 0 Å². The van der Waals surface area contributed by atoms with E-state index in [1.807, 2.05) is 18.7 Å². The summed E-state index contributed by atoms with van der Waals surface area (Å²) in [5, 5.41) is 1.46. The number of nitrogens with zero attached hydrogens (tertiary/aromatic N) is 7.